The number of hydrazone groups is 1. The number of sulfonamides is 1. The van der Waals surface area contributed by atoms with Crippen molar-refractivity contribution in [2.24, 2.45) is 16.9 Å². The van der Waals surface area contributed by atoms with Crippen molar-refractivity contribution < 1.29 is 27.0 Å². The number of rotatable bonds is 6. The van der Waals surface area contributed by atoms with Crippen LogP contribution in [0.25, 0.3) is 0 Å². The first kappa shape index (κ1) is 25.4. The predicted octanol–water partition coefficient (Wildman–Crippen LogP) is 1.98. The number of hydrogen-bond donors (Lipinski definition) is 1. The number of carbonyl (C=O) groups is 1. The monoisotopic (exact) mass is 522 g/mol. The van der Waals surface area contributed by atoms with Crippen LogP contribution >= 0.6 is 11.6 Å². The highest BCUT2D eigenvalue weighted by Crippen LogP contribution is 2.26. The summed E-state index contributed by atoms with van der Waals surface area (Å²) in [5.41, 5.74) is 0.744. The lowest BCUT2D eigenvalue weighted by molar-refractivity contribution is -0.447. The van der Waals surface area contributed by atoms with Crippen molar-refractivity contribution in [2.45, 2.75) is 30.3 Å². The number of nitriles is 1. The molecule has 0 radical (unpaired) electrons. The number of allylic oxidation sites excluding steroid dienone is 1. The Bertz CT molecular complexity index is 1200. The number of carbonyl (C=O) groups excluding carboxylic acids is 1. The van der Waals surface area contributed by atoms with Gasteiger partial charge < -0.3 is 10.1 Å². The van der Waals surface area contributed by atoms with Crippen LogP contribution in [0.1, 0.15) is 24.8 Å². The number of nitrogens with one attached hydrogen (secondary N) is 1. The second-order valence-electron chi connectivity index (χ2n) is 8.70. The lowest BCUT2D eigenvalue weighted by Gasteiger charge is -2.31. The largest absolute Gasteiger partial charge is 0.462 e. The zero-order valence-electron chi connectivity index (χ0n) is 18.9. The van der Waals surface area contributed by atoms with Gasteiger partial charge in [-0.05, 0) is 54.1 Å². The fourth-order valence-corrected chi connectivity index (χ4v) is 5.87. The molecule has 186 valence electrons. The molecule has 1 amide bonds. The third kappa shape index (κ3) is 5.78. The molecule has 1 aromatic rings. The number of hydrogen-bond acceptors (Lipinski definition) is 7. The van der Waals surface area contributed by atoms with E-state index in [4.69, 9.17) is 21.6 Å². The van der Waals surface area contributed by atoms with E-state index in [0.717, 1.165) is 28.4 Å². The molecule has 3 atom stereocenters. The standard InChI is InChI=1S/C23H25ClFN5O4S/c24-22-21(27-11-17-2-1-9-34-15-17)12-28-30(23(22)31)13-18-7-8-29(14-20(18)25)35(32,33)19-5-3-16(10-26)4-6-19/h3-6,12-13,17-18,20H,1-2,7-9,11,14-15H2/p+1/b30-13-/t17-,18?,20+/m0/s1. The van der Waals surface area contributed by atoms with Gasteiger partial charge in [0.05, 0.1) is 34.7 Å². The molecular weight excluding hydrogens is 497 g/mol. The first-order valence-electron chi connectivity index (χ1n) is 11.4. The molecular formula is C23H26ClFN5O4S+. The minimum atomic E-state index is -3.90. The van der Waals surface area contributed by atoms with E-state index in [9.17, 15) is 13.2 Å². The van der Waals surface area contributed by atoms with Crippen molar-refractivity contribution in [1.82, 2.24) is 9.62 Å². The minimum absolute atomic E-state index is 0.00123. The van der Waals surface area contributed by atoms with Crippen molar-refractivity contribution in [2.75, 3.05) is 32.8 Å². The number of benzene rings is 1. The van der Waals surface area contributed by atoms with Crippen molar-refractivity contribution in [3.63, 3.8) is 0 Å². The zero-order chi connectivity index (χ0) is 25.0. The maximum absolute atomic E-state index is 15.0. The van der Waals surface area contributed by atoms with Crippen LogP contribution < -0.4 is 5.32 Å². The summed E-state index contributed by atoms with van der Waals surface area (Å²) >= 11 is 6.25. The van der Waals surface area contributed by atoms with Crippen LogP contribution in [0.2, 0.25) is 0 Å². The first-order valence-corrected chi connectivity index (χ1v) is 13.2. The summed E-state index contributed by atoms with van der Waals surface area (Å²) in [6, 6.07) is 7.41. The Morgan fingerprint density at radius 3 is 2.77 bits per heavy atom. The molecule has 0 saturated carbocycles. The second kappa shape index (κ2) is 11.0. The van der Waals surface area contributed by atoms with Crippen LogP contribution in [0.5, 0.6) is 0 Å². The summed E-state index contributed by atoms with van der Waals surface area (Å²) in [6.45, 7) is 1.75. The lowest BCUT2D eigenvalue weighted by atomic mass is 9.97. The van der Waals surface area contributed by atoms with E-state index in [1.165, 1.54) is 36.7 Å². The van der Waals surface area contributed by atoms with Gasteiger partial charge in [-0.15, -0.1) is 0 Å². The highest BCUT2D eigenvalue weighted by molar-refractivity contribution is 7.89. The Morgan fingerprint density at radius 2 is 2.11 bits per heavy atom. The highest BCUT2D eigenvalue weighted by atomic mass is 35.5. The smallest absolute Gasteiger partial charge is 0.382 e. The molecule has 1 N–H and O–H groups in total. The van der Waals surface area contributed by atoms with Gasteiger partial charge in [-0.2, -0.15) is 9.57 Å². The maximum atomic E-state index is 15.0. The molecule has 3 aliphatic rings. The quantitative estimate of drug-likeness (QED) is 0.571. The number of ether oxygens (including phenoxy) is 1. The van der Waals surface area contributed by atoms with E-state index in [1.807, 2.05) is 6.07 Å². The van der Waals surface area contributed by atoms with Gasteiger partial charge in [0.15, 0.2) is 11.2 Å². The Balaban J connectivity index is 1.38. The van der Waals surface area contributed by atoms with Gasteiger partial charge in [0.2, 0.25) is 10.0 Å². The van der Waals surface area contributed by atoms with Gasteiger partial charge >= 0.3 is 5.91 Å². The van der Waals surface area contributed by atoms with Crippen molar-refractivity contribution in [1.29, 1.82) is 5.26 Å². The molecule has 2 saturated heterocycles. The van der Waals surface area contributed by atoms with E-state index in [2.05, 4.69) is 10.4 Å². The molecule has 9 nitrogen and oxygen atoms in total. The highest BCUT2D eigenvalue weighted by Gasteiger charge is 2.39. The maximum Gasteiger partial charge on any atom is 0.462 e. The van der Waals surface area contributed by atoms with Gasteiger partial charge in [-0.3, -0.25) is 0 Å². The van der Waals surface area contributed by atoms with E-state index in [-0.39, 0.29) is 29.4 Å². The summed E-state index contributed by atoms with van der Waals surface area (Å²) in [4.78, 5) is 12.7. The molecule has 0 aromatic heterocycles. The third-order valence-electron chi connectivity index (χ3n) is 6.29. The fourth-order valence-electron chi connectivity index (χ4n) is 4.21. The summed E-state index contributed by atoms with van der Waals surface area (Å²) in [7, 11) is -3.90. The minimum Gasteiger partial charge on any atom is -0.382 e. The molecule has 3 aliphatic heterocycles. The number of piperidine rings is 1. The molecule has 0 bridgehead atoms. The van der Waals surface area contributed by atoms with Crippen molar-refractivity contribution >= 4 is 40.0 Å². The van der Waals surface area contributed by atoms with Gasteiger partial charge in [-0.25, -0.2) is 17.6 Å². The summed E-state index contributed by atoms with van der Waals surface area (Å²) in [6.07, 6.45) is 3.45. The average Bonchev–Trinajstić information content (AvgIpc) is 2.88. The number of amides is 1. The molecule has 0 aliphatic carbocycles. The summed E-state index contributed by atoms with van der Waals surface area (Å²) < 4.78 is 48.3. The van der Waals surface area contributed by atoms with Gasteiger partial charge in [0.1, 0.15) is 12.4 Å². The van der Waals surface area contributed by atoms with Crippen LogP contribution in [-0.2, 0) is 19.6 Å². The third-order valence-corrected chi connectivity index (χ3v) is 8.53. The molecule has 4 rings (SSSR count). The van der Waals surface area contributed by atoms with Crippen LogP contribution in [0.15, 0.2) is 45.0 Å². The average molecular weight is 523 g/mol. The molecule has 1 unspecified atom stereocenters. The van der Waals surface area contributed by atoms with Crippen LogP contribution in [-0.4, -0.2) is 74.8 Å². The fraction of sp³-hybridized carbons (Fsp3) is 0.478. The van der Waals surface area contributed by atoms with Crippen LogP contribution in [0.3, 0.4) is 0 Å². The Kier molecular flexibility index (Phi) is 7.96. The van der Waals surface area contributed by atoms with E-state index >= 15 is 4.39 Å². The Morgan fingerprint density at radius 1 is 1.34 bits per heavy atom. The number of nitrogens with zero attached hydrogens (tertiary/aromatic N) is 4. The lowest BCUT2D eigenvalue weighted by Crippen LogP contribution is -2.46. The van der Waals surface area contributed by atoms with Crippen molar-refractivity contribution in [3.05, 3.63) is 40.6 Å². The van der Waals surface area contributed by atoms with Crippen molar-refractivity contribution in [3.8, 4) is 6.07 Å². The molecule has 0 spiro atoms. The molecule has 35 heavy (non-hydrogen) atoms. The summed E-state index contributed by atoms with van der Waals surface area (Å²) in [5, 5.41) is 16.1. The van der Waals surface area contributed by atoms with Gasteiger partial charge in [-0.1, -0.05) is 11.6 Å². The van der Waals surface area contributed by atoms with Gasteiger partial charge in [0, 0.05) is 31.3 Å². The van der Waals surface area contributed by atoms with Crippen LogP contribution in [0, 0.1) is 23.2 Å². The van der Waals surface area contributed by atoms with E-state index in [1.54, 1.807) is 0 Å². The second-order valence-corrected chi connectivity index (χ2v) is 11.0. The Labute approximate surface area is 208 Å². The van der Waals surface area contributed by atoms with E-state index in [0.29, 0.717) is 30.3 Å². The number of alkyl halides is 1. The first-order chi connectivity index (χ1) is 16.8. The summed E-state index contributed by atoms with van der Waals surface area (Å²) in [5.74, 6) is -0.954. The molecule has 12 heteroatoms. The van der Waals surface area contributed by atoms with E-state index < -0.39 is 28.0 Å². The molecule has 1 aromatic carbocycles. The van der Waals surface area contributed by atoms with Gasteiger partial charge in [0.25, 0.3) is 0 Å². The topological polar surface area (TPSA) is 115 Å². The predicted molar refractivity (Wildman–Crippen MR) is 127 cm³/mol. The normalized spacial score (nSPS) is 27.2. The molecule has 3 heterocycles. The zero-order valence-corrected chi connectivity index (χ0v) is 20.5. The Hall–Kier alpha value is -2.65. The SMILES string of the molecule is N#Cc1ccc(S(=O)(=O)N2CCC(/C=[N+]3\N=CC(NC[C@@H]4CCCOC4)=C(Cl)C3=O)[C@H](F)C2)cc1. The van der Waals surface area contributed by atoms with Crippen LogP contribution in [0.4, 0.5) is 4.39 Å². The number of halogens is 2. The molecule has 2 fully saturated rings.